The predicted molar refractivity (Wildman–Crippen MR) is 124 cm³/mol. The third-order valence-corrected chi connectivity index (χ3v) is 6.39. The van der Waals surface area contributed by atoms with Gasteiger partial charge in [0.05, 0.1) is 17.5 Å². The number of aryl methyl sites for hydroxylation is 1. The Labute approximate surface area is 197 Å². The molecule has 0 aliphatic carbocycles. The Morgan fingerprint density at radius 3 is 2.21 bits per heavy atom. The van der Waals surface area contributed by atoms with Crippen molar-refractivity contribution in [1.82, 2.24) is 10.2 Å². The van der Waals surface area contributed by atoms with Crippen molar-refractivity contribution in [2.45, 2.75) is 39.0 Å². The number of halogens is 3. The molecule has 0 heterocycles. The molecule has 2 amide bonds. The fourth-order valence-corrected chi connectivity index (χ4v) is 4.27. The molecule has 2 aromatic carbocycles. The van der Waals surface area contributed by atoms with Gasteiger partial charge in [-0.2, -0.15) is 13.2 Å². The van der Waals surface area contributed by atoms with Crippen LogP contribution in [-0.2, 0) is 32.3 Å². The lowest BCUT2D eigenvalue weighted by molar-refractivity contribution is -0.140. The Morgan fingerprint density at radius 2 is 1.71 bits per heavy atom. The molecule has 186 valence electrons. The quantitative estimate of drug-likeness (QED) is 0.574. The van der Waals surface area contributed by atoms with Gasteiger partial charge in [-0.3, -0.25) is 13.9 Å². The van der Waals surface area contributed by atoms with Crippen LogP contribution >= 0.6 is 0 Å². The smallest absolute Gasteiger partial charge is 0.357 e. The van der Waals surface area contributed by atoms with Crippen LogP contribution in [0.2, 0.25) is 0 Å². The van der Waals surface area contributed by atoms with Gasteiger partial charge < -0.3 is 10.2 Å². The molecule has 2 aromatic rings. The summed E-state index contributed by atoms with van der Waals surface area (Å²) >= 11 is 0. The Balaban J connectivity index is 2.46. The number of nitrogens with one attached hydrogen (secondary N) is 1. The van der Waals surface area contributed by atoms with Gasteiger partial charge in [-0.05, 0) is 37.1 Å². The lowest BCUT2D eigenvalue weighted by atomic mass is 10.1. The molecule has 11 heteroatoms. The van der Waals surface area contributed by atoms with E-state index in [4.69, 9.17) is 0 Å². The van der Waals surface area contributed by atoms with Gasteiger partial charge in [0.1, 0.15) is 12.6 Å². The highest BCUT2D eigenvalue weighted by Gasteiger charge is 2.34. The molecule has 0 radical (unpaired) electrons. The normalized spacial score (nSPS) is 12.7. The average Bonchev–Trinajstić information content (AvgIpc) is 2.77. The predicted octanol–water partition coefficient (Wildman–Crippen LogP) is 3.33. The third-order valence-electron chi connectivity index (χ3n) is 5.25. The fraction of sp³-hybridized carbons (Fsp3) is 0.391. The van der Waals surface area contributed by atoms with Crippen molar-refractivity contribution >= 4 is 27.5 Å². The number of carbonyl (C=O) groups is 2. The minimum atomic E-state index is -4.69. The number of amides is 2. The van der Waals surface area contributed by atoms with E-state index in [1.807, 2.05) is 19.1 Å². The molecule has 0 saturated carbocycles. The molecule has 1 N–H and O–H groups in total. The molecule has 0 unspecified atom stereocenters. The summed E-state index contributed by atoms with van der Waals surface area (Å²) < 4.78 is 65.1. The number of sulfonamides is 1. The molecular formula is C23H28F3N3O4S. The summed E-state index contributed by atoms with van der Waals surface area (Å²) in [7, 11) is -2.71. The molecule has 34 heavy (non-hydrogen) atoms. The topological polar surface area (TPSA) is 86.8 Å². The third kappa shape index (κ3) is 6.96. The standard InChI is InChI=1S/C23H28F3N3O4S/c1-5-20(22(31)27-3)28(14-17-11-9-16(2)10-12-17)21(30)15-29(34(4,32)33)19-8-6-7-18(13-19)23(24,25)26/h6-13,20H,5,14-15H2,1-4H3,(H,27,31)/t20-/m0/s1. The highest BCUT2D eigenvalue weighted by molar-refractivity contribution is 7.92. The van der Waals surface area contributed by atoms with Gasteiger partial charge in [-0.1, -0.05) is 42.8 Å². The number of rotatable bonds is 9. The molecule has 1 atom stereocenters. The van der Waals surface area contributed by atoms with Crippen LogP contribution in [0.4, 0.5) is 18.9 Å². The Bertz CT molecular complexity index is 1120. The van der Waals surface area contributed by atoms with Crippen LogP contribution in [0.3, 0.4) is 0 Å². The van der Waals surface area contributed by atoms with Crippen LogP contribution in [0.25, 0.3) is 0 Å². The summed E-state index contributed by atoms with van der Waals surface area (Å²) in [5.74, 6) is -1.16. The zero-order valence-corrected chi connectivity index (χ0v) is 20.2. The first-order valence-corrected chi connectivity index (χ1v) is 12.3. The summed E-state index contributed by atoms with van der Waals surface area (Å²) in [5.41, 5.74) is 0.368. The number of likely N-dealkylation sites (N-methyl/N-ethyl adjacent to an activating group) is 1. The van der Waals surface area contributed by atoms with Gasteiger partial charge >= 0.3 is 6.18 Å². The molecule has 0 aliphatic heterocycles. The number of hydrogen-bond acceptors (Lipinski definition) is 4. The van der Waals surface area contributed by atoms with E-state index in [1.165, 1.54) is 18.0 Å². The Morgan fingerprint density at radius 1 is 1.09 bits per heavy atom. The van der Waals surface area contributed by atoms with Crippen molar-refractivity contribution in [1.29, 1.82) is 0 Å². The van der Waals surface area contributed by atoms with Crippen LogP contribution in [0.15, 0.2) is 48.5 Å². The first-order chi connectivity index (χ1) is 15.8. The second kappa shape index (κ2) is 10.9. The molecule has 0 spiro atoms. The fourth-order valence-electron chi connectivity index (χ4n) is 3.43. The van der Waals surface area contributed by atoms with Crippen LogP contribution in [-0.4, -0.2) is 51.0 Å². The van der Waals surface area contributed by atoms with E-state index in [9.17, 15) is 31.2 Å². The molecule has 0 bridgehead atoms. The number of anilines is 1. The second-order valence-corrected chi connectivity index (χ2v) is 9.77. The van der Waals surface area contributed by atoms with Crippen LogP contribution in [0, 0.1) is 6.92 Å². The number of nitrogens with zero attached hydrogens (tertiary/aromatic N) is 2. The van der Waals surface area contributed by atoms with Crippen molar-refractivity contribution in [2.75, 3.05) is 24.2 Å². The summed E-state index contributed by atoms with van der Waals surface area (Å²) in [6, 6.07) is 10.1. The monoisotopic (exact) mass is 499 g/mol. The summed E-state index contributed by atoms with van der Waals surface area (Å²) in [5, 5.41) is 2.50. The van der Waals surface area contributed by atoms with E-state index >= 15 is 0 Å². The van der Waals surface area contributed by atoms with Crippen molar-refractivity contribution in [3.8, 4) is 0 Å². The molecule has 0 saturated heterocycles. The van der Waals surface area contributed by atoms with Crippen molar-refractivity contribution in [3.63, 3.8) is 0 Å². The van der Waals surface area contributed by atoms with Crippen molar-refractivity contribution < 1.29 is 31.2 Å². The van der Waals surface area contributed by atoms with Gasteiger partial charge in [0.25, 0.3) is 0 Å². The number of benzene rings is 2. The van der Waals surface area contributed by atoms with Crippen molar-refractivity contribution in [3.05, 3.63) is 65.2 Å². The van der Waals surface area contributed by atoms with Gasteiger partial charge in [0.15, 0.2) is 0 Å². The summed E-state index contributed by atoms with van der Waals surface area (Å²) in [6.45, 7) is 2.85. The molecule has 0 fully saturated rings. The molecular weight excluding hydrogens is 471 g/mol. The van der Waals surface area contributed by atoms with Crippen LogP contribution in [0.5, 0.6) is 0 Å². The van der Waals surface area contributed by atoms with Gasteiger partial charge in [0, 0.05) is 13.6 Å². The SMILES string of the molecule is CC[C@@H](C(=O)NC)N(Cc1ccc(C)cc1)C(=O)CN(c1cccc(C(F)(F)F)c1)S(C)(=O)=O. The first-order valence-electron chi connectivity index (χ1n) is 10.5. The maximum Gasteiger partial charge on any atom is 0.416 e. The molecule has 0 aromatic heterocycles. The maximum absolute atomic E-state index is 13.4. The zero-order valence-electron chi connectivity index (χ0n) is 19.4. The Hall–Kier alpha value is -3.08. The largest absolute Gasteiger partial charge is 0.416 e. The summed E-state index contributed by atoms with van der Waals surface area (Å²) in [6.07, 6.45) is -3.63. The van der Waals surface area contributed by atoms with Crippen LogP contribution < -0.4 is 9.62 Å². The Kier molecular flexibility index (Phi) is 8.71. The highest BCUT2D eigenvalue weighted by atomic mass is 32.2. The van der Waals surface area contributed by atoms with E-state index in [-0.39, 0.29) is 18.7 Å². The first kappa shape index (κ1) is 27.2. The highest BCUT2D eigenvalue weighted by Crippen LogP contribution is 2.32. The van der Waals surface area contributed by atoms with Gasteiger partial charge in [-0.15, -0.1) is 0 Å². The zero-order chi connectivity index (χ0) is 25.7. The minimum absolute atomic E-state index is 0.0191. The van der Waals surface area contributed by atoms with E-state index in [1.54, 1.807) is 19.1 Å². The van der Waals surface area contributed by atoms with E-state index in [0.717, 1.165) is 24.0 Å². The number of hydrogen-bond donors (Lipinski definition) is 1. The van der Waals surface area contributed by atoms with Gasteiger partial charge in [0.2, 0.25) is 21.8 Å². The number of carbonyl (C=O) groups excluding carboxylic acids is 2. The maximum atomic E-state index is 13.4. The summed E-state index contributed by atoms with van der Waals surface area (Å²) in [4.78, 5) is 27.1. The van der Waals surface area contributed by atoms with E-state index in [2.05, 4.69) is 5.32 Å². The van der Waals surface area contributed by atoms with Crippen LogP contribution in [0.1, 0.15) is 30.0 Å². The van der Waals surface area contributed by atoms with E-state index < -0.39 is 46.2 Å². The van der Waals surface area contributed by atoms with E-state index in [0.29, 0.717) is 15.9 Å². The average molecular weight is 500 g/mol. The lowest BCUT2D eigenvalue weighted by Gasteiger charge is -2.32. The van der Waals surface area contributed by atoms with Crippen molar-refractivity contribution in [2.24, 2.45) is 0 Å². The number of alkyl halides is 3. The van der Waals surface area contributed by atoms with Gasteiger partial charge in [-0.25, -0.2) is 8.42 Å². The molecule has 7 nitrogen and oxygen atoms in total. The molecule has 2 rings (SSSR count). The lowest BCUT2D eigenvalue weighted by Crippen LogP contribution is -2.51. The molecule has 0 aliphatic rings. The second-order valence-electron chi connectivity index (χ2n) is 7.86. The minimum Gasteiger partial charge on any atom is -0.357 e.